The molecule has 1 atom stereocenters. The summed E-state index contributed by atoms with van der Waals surface area (Å²) in [4.78, 5) is 25.7. The number of aryl methyl sites for hydroxylation is 1. The van der Waals surface area contributed by atoms with Gasteiger partial charge in [-0.25, -0.2) is 9.59 Å². The fourth-order valence-electron chi connectivity index (χ4n) is 2.06. The Bertz CT molecular complexity index is 470. The number of rotatable bonds is 3. The van der Waals surface area contributed by atoms with Gasteiger partial charge in [-0.1, -0.05) is 29.8 Å². The Hall–Kier alpha value is -2.04. The van der Waals surface area contributed by atoms with Crippen molar-refractivity contribution in [2.45, 2.75) is 19.5 Å². The zero-order chi connectivity index (χ0) is 13.3. The summed E-state index contributed by atoms with van der Waals surface area (Å²) < 4.78 is 0. The predicted octanol–water partition coefficient (Wildman–Crippen LogP) is 1.32. The molecule has 96 valence electrons. The number of urea groups is 1. The topological polar surface area (TPSA) is 60.9 Å². The highest BCUT2D eigenvalue weighted by molar-refractivity contribution is 5.86. The average Bonchev–Trinajstić information content (AvgIpc) is 2.60. The van der Waals surface area contributed by atoms with E-state index in [0.29, 0.717) is 6.54 Å². The van der Waals surface area contributed by atoms with Crippen LogP contribution in [0.4, 0.5) is 4.79 Å². The summed E-state index contributed by atoms with van der Waals surface area (Å²) in [6.45, 7) is 2.69. The number of carbonyl (C=O) groups excluding carboxylic acids is 1. The van der Waals surface area contributed by atoms with Gasteiger partial charge >= 0.3 is 12.0 Å². The van der Waals surface area contributed by atoms with E-state index in [4.69, 9.17) is 5.11 Å². The minimum Gasteiger partial charge on any atom is -0.480 e. The molecule has 1 unspecified atom stereocenters. The van der Waals surface area contributed by atoms with E-state index >= 15 is 0 Å². The summed E-state index contributed by atoms with van der Waals surface area (Å²) in [6, 6.07) is 6.89. The standard InChI is InChI=1S/C13H16N2O3/c1-9-3-5-10(6-4-9)7-15-8-11(12(16)17)14(2)13(15)18/h3-6,11H,7-8H2,1-2H3,(H,16,17). The first-order valence-corrected chi connectivity index (χ1v) is 5.79. The Morgan fingerprint density at radius 3 is 2.50 bits per heavy atom. The van der Waals surface area contributed by atoms with E-state index < -0.39 is 12.0 Å². The smallest absolute Gasteiger partial charge is 0.328 e. The quantitative estimate of drug-likeness (QED) is 0.877. The number of carbonyl (C=O) groups is 2. The Labute approximate surface area is 106 Å². The van der Waals surface area contributed by atoms with Crippen molar-refractivity contribution in [2.75, 3.05) is 13.6 Å². The minimum absolute atomic E-state index is 0.233. The summed E-state index contributed by atoms with van der Waals surface area (Å²) in [7, 11) is 1.52. The first-order valence-electron chi connectivity index (χ1n) is 5.79. The second kappa shape index (κ2) is 4.68. The Morgan fingerprint density at radius 2 is 2.00 bits per heavy atom. The van der Waals surface area contributed by atoms with Crippen molar-refractivity contribution in [2.24, 2.45) is 0 Å². The zero-order valence-electron chi connectivity index (χ0n) is 10.5. The SMILES string of the molecule is Cc1ccc(CN2CC(C(=O)O)N(C)C2=O)cc1. The van der Waals surface area contributed by atoms with E-state index in [-0.39, 0.29) is 12.6 Å². The van der Waals surface area contributed by atoms with Crippen LogP contribution in [-0.4, -0.2) is 46.5 Å². The molecule has 0 aromatic heterocycles. The monoisotopic (exact) mass is 248 g/mol. The molecule has 0 bridgehead atoms. The lowest BCUT2D eigenvalue weighted by Gasteiger charge is -2.15. The second-order valence-electron chi connectivity index (χ2n) is 4.61. The Morgan fingerprint density at radius 1 is 1.39 bits per heavy atom. The first kappa shape index (κ1) is 12.4. The number of benzene rings is 1. The van der Waals surface area contributed by atoms with Gasteiger partial charge in [0.1, 0.15) is 6.04 Å². The molecular formula is C13H16N2O3. The molecule has 0 aliphatic carbocycles. The molecule has 0 spiro atoms. The molecule has 2 rings (SSSR count). The van der Waals surface area contributed by atoms with Gasteiger partial charge in [-0.2, -0.15) is 0 Å². The van der Waals surface area contributed by atoms with Crippen LogP contribution in [0.5, 0.6) is 0 Å². The summed E-state index contributed by atoms with van der Waals surface area (Å²) >= 11 is 0. The lowest BCUT2D eigenvalue weighted by Crippen LogP contribution is -2.36. The molecule has 0 radical (unpaired) electrons. The highest BCUT2D eigenvalue weighted by Gasteiger charge is 2.38. The molecule has 1 fully saturated rings. The van der Waals surface area contributed by atoms with Crippen LogP contribution < -0.4 is 0 Å². The fourth-order valence-corrected chi connectivity index (χ4v) is 2.06. The van der Waals surface area contributed by atoms with Crippen LogP contribution >= 0.6 is 0 Å². The van der Waals surface area contributed by atoms with Crippen molar-refractivity contribution in [3.63, 3.8) is 0 Å². The molecule has 0 saturated carbocycles. The van der Waals surface area contributed by atoms with Crippen molar-refractivity contribution >= 4 is 12.0 Å². The summed E-state index contributed by atoms with van der Waals surface area (Å²) in [6.07, 6.45) is 0. The molecule has 1 aliphatic rings. The fraction of sp³-hybridized carbons (Fsp3) is 0.385. The van der Waals surface area contributed by atoms with Gasteiger partial charge in [-0.05, 0) is 12.5 Å². The van der Waals surface area contributed by atoms with Gasteiger partial charge in [0.15, 0.2) is 0 Å². The molecule has 1 saturated heterocycles. The number of carboxylic acids is 1. The van der Waals surface area contributed by atoms with Gasteiger partial charge in [-0.15, -0.1) is 0 Å². The van der Waals surface area contributed by atoms with E-state index in [9.17, 15) is 9.59 Å². The lowest BCUT2D eigenvalue weighted by molar-refractivity contribution is -0.140. The van der Waals surface area contributed by atoms with Gasteiger partial charge in [0, 0.05) is 13.6 Å². The summed E-state index contributed by atoms with van der Waals surface area (Å²) in [5.41, 5.74) is 2.17. The van der Waals surface area contributed by atoms with Gasteiger partial charge in [0.25, 0.3) is 0 Å². The summed E-state index contributed by atoms with van der Waals surface area (Å²) in [5, 5.41) is 9.00. The Balaban J connectivity index is 2.09. The zero-order valence-corrected chi connectivity index (χ0v) is 10.5. The third-order valence-electron chi connectivity index (χ3n) is 3.21. The van der Waals surface area contributed by atoms with Crippen LogP contribution in [0, 0.1) is 6.92 Å². The maximum Gasteiger partial charge on any atom is 0.328 e. The van der Waals surface area contributed by atoms with Crippen molar-refractivity contribution in [3.05, 3.63) is 35.4 Å². The van der Waals surface area contributed by atoms with Crippen molar-refractivity contribution in [1.29, 1.82) is 0 Å². The van der Waals surface area contributed by atoms with Crippen LogP contribution in [0.15, 0.2) is 24.3 Å². The highest BCUT2D eigenvalue weighted by Crippen LogP contribution is 2.17. The molecule has 18 heavy (non-hydrogen) atoms. The van der Waals surface area contributed by atoms with Gasteiger partial charge in [0.05, 0.1) is 6.54 Å². The number of amides is 2. The number of carboxylic acid groups (broad SMARTS) is 1. The van der Waals surface area contributed by atoms with Crippen molar-refractivity contribution in [1.82, 2.24) is 9.80 Å². The maximum absolute atomic E-state index is 11.9. The van der Waals surface area contributed by atoms with Crippen molar-refractivity contribution < 1.29 is 14.7 Å². The van der Waals surface area contributed by atoms with Crippen molar-refractivity contribution in [3.8, 4) is 0 Å². The Kier molecular flexibility index (Phi) is 3.23. The first-order chi connectivity index (χ1) is 8.49. The lowest BCUT2D eigenvalue weighted by atomic mass is 10.1. The number of hydrogen-bond acceptors (Lipinski definition) is 2. The van der Waals surface area contributed by atoms with E-state index in [2.05, 4.69) is 0 Å². The largest absolute Gasteiger partial charge is 0.480 e. The average molecular weight is 248 g/mol. The molecular weight excluding hydrogens is 232 g/mol. The van der Waals surface area contributed by atoms with E-state index in [1.165, 1.54) is 11.9 Å². The van der Waals surface area contributed by atoms with Crippen LogP contribution in [0.25, 0.3) is 0 Å². The van der Waals surface area contributed by atoms with Crippen LogP contribution in [0.1, 0.15) is 11.1 Å². The minimum atomic E-state index is -0.961. The molecule has 5 nitrogen and oxygen atoms in total. The molecule has 1 aromatic carbocycles. The van der Waals surface area contributed by atoms with E-state index in [0.717, 1.165) is 11.1 Å². The van der Waals surface area contributed by atoms with Crippen LogP contribution in [0.2, 0.25) is 0 Å². The van der Waals surface area contributed by atoms with Crippen LogP contribution in [0.3, 0.4) is 0 Å². The van der Waals surface area contributed by atoms with E-state index in [1.54, 1.807) is 4.90 Å². The molecule has 1 aromatic rings. The highest BCUT2D eigenvalue weighted by atomic mass is 16.4. The van der Waals surface area contributed by atoms with Crippen LogP contribution in [-0.2, 0) is 11.3 Å². The molecule has 1 N–H and O–H groups in total. The second-order valence-corrected chi connectivity index (χ2v) is 4.61. The van der Waals surface area contributed by atoms with Gasteiger partial charge in [0.2, 0.25) is 0 Å². The third-order valence-corrected chi connectivity index (χ3v) is 3.21. The molecule has 1 heterocycles. The number of likely N-dealkylation sites (N-methyl/N-ethyl adjacent to an activating group) is 1. The van der Waals surface area contributed by atoms with E-state index in [1.807, 2.05) is 31.2 Å². The molecule has 2 amide bonds. The molecule has 1 aliphatic heterocycles. The number of aliphatic carboxylic acids is 1. The number of hydrogen-bond donors (Lipinski definition) is 1. The normalized spacial score (nSPS) is 19.4. The maximum atomic E-state index is 11.9. The molecule has 5 heteroatoms. The van der Waals surface area contributed by atoms with Gasteiger partial charge in [-0.3, -0.25) is 0 Å². The number of nitrogens with zero attached hydrogens (tertiary/aromatic N) is 2. The predicted molar refractivity (Wildman–Crippen MR) is 66.2 cm³/mol. The third kappa shape index (κ3) is 2.30. The summed E-state index contributed by atoms with van der Waals surface area (Å²) in [5.74, 6) is -0.961. The van der Waals surface area contributed by atoms with Gasteiger partial charge < -0.3 is 14.9 Å².